The summed E-state index contributed by atoms with van der Waals surface area (Å²) in [5.74, 6) is 1.15. The van der Waals surface area contributed by atoms with Gasteiger partial charge in [0, 0.05) is 6.20 Å². The number of hydrogen-bond donors (Lipinski definition) is 3. The minimum absolute atomic E-state index is 0.227. The Hall–Kier alpha value is -1.29. The molecule has 0 bridgehead atoms. The van der Waals surface area contributed by atoms with Crippen molar-refractivity contribution >= 4 is 5.97 Å². The fourth-order valence-corrected chi connectivity index (χ4v) is 3.09. The Kier molecular flexibility index (Phi) is 5.45. The van der Waals surface area contributed by atoms with Crippen molar-refractivity contribution in [1.82, 2.24) is 10.3 Å². The zero-order valence-corrected chi connectivity index (χ0v) is 11.4. The lowest BCUT2D eigenvalue weighted by molar-refractivity contribution is 0.0691. The largest absolute Gasteiger partial charge is 0.477 e. The molecule has 0 amide bonds. The van der Waals surface area contributed by atoms with Crippen LogP contribution in [-0.4, -0.2) is 29.1 Å². The second-order valence-electron chi connectivity index (χ2n) is 5.56. The second-order valence-corrected chi connectivity index (χ2v) is 5.56. The fraction of sp³-hybridized carbons (Fsp3) is 0.667. The molecule has 0 spiro atoms. The zero-order valence-electron chi connectivity index (χ0n) is 11.4. The smallest absolute Gasteiger partial charge is 0.352 e. The molecular formula is C15H24N2O2. The number of hydrogen-bond acceptors (Lipinski definition) is 2. The van der Waals surface area contributed by atoms with Crippen LogP contribution >= 0.6 is 0 Å². The molecule has 1 aliphatic carbocycles. The van der Waals surface area contributed by atoms with Crippen LogP contribution in [0.1, 0.15) is 49.0 Å². The van der Waals surface area contributed by atoms with Gasteiger partial charge in [0.1, 0.15) is 5.69 Å². The highest BCUT2D eigenvalue weighted by Gasteiger charge is 2.26. The topological polar surface area (TPSA) is 65.1 Å². The van der Waals surface area contributed by atoms with Gasteiger partial charge in [-0.3, -0.25) is 0 Å². The number of rotatable bonds is 1. The number of H-pyrrole nitrogens is 1. The van der Waals surface area contributed by atoms with Crippen LogP contribution in [0.15, 0.2) is 18.3 Å². The lowest BCUT2D eigenvalue weighted by Crippen LogP contribution is -2.14. The van der Waals surface area contributed by atoms with E-state index in [-0.39, 0.29) is 5.69 Å². The highest BCUT2D eigenvalue weighted by molar-refractivity contribution is 5.85. The van der Waals surface area contributed by atoms with Crippen molar-refractivity contribution in [2.45, 2.75) is 38.5 Å². The van der Waals surface area contributed by atoms with Gasteiger partial charge in [-0.15, -0.1) is 0 Å². The first kappa shape index (κ1) is 14.1. The monoisotopic (exact) mass is 264 g/mol. The molecule has 2 atom stereocenters. The molecule has 2 fully saturated rings. The minimum Gasteiger partial charge on any atom is -0.477 e. The normalized spacial score (nSPS) is 26.5. The van der Waals surface area contributed by atoms with Gasteiger partial charge >= 0.3 is 5.97 Å². The maximum Gasteiger partial charge on any atom is 0.352 e. The third kappa shape index (κ3) is 4.39. The molecule has 1 saturated carbocycles. The van der Waals surface area contributed by atoms with E-state index in [1.54, 1.807) is 12.3 Å². The molecule has 106 valence electrons. The van der Waals surface area contributed by atoms with Crippen LogP contribution < -0.4 is 5.32 Å². The predicted molar refractivity (Wildman–Crippen MR) is 75.3 cm³/mol. The van der Waals surface area contributed by atoms with Crippen LogP contribution in [0.3, 0.4) is 0 Å². The number of nitrogens with one attached hydrogen (secondary N) is 2. The summed E-state index contributed by atoms with van der Waals surface area (Å²) >= 11 is 0. The molecule has 19 heavy (non-hydrogen) atoms. The van der Waals surface area contributed by atoms with E-state index in [1.807, 2.05) is 0 Å². The molecule has 1 aromatic heterocycles. The second kappa shape index (κ2) is 7.34. The fourth-order valence-electron chi connectivity index (χ4n) is 3.09. The van der Waals surface area contributed by atoms with Gasteiger partial charge in [0.15, 0.2) is 0 Å². The van der Waals surface area contributed by atoms with Crippen LogP contribution in [0.25, 0.3) is 0 Å². The molecule has 1 aliphatic heterocycles. The van der Waals surface area contributed by atoms with E-state index in [0.29, 0.717) is 0 Å². The summed E-state index contributed by atoms with van der Waals surface area (Å²) in [5, 5.41) is 11.8. The van der Waals surface area contributed by atoms with Gasteiger partial charge in [0.05, 0.1) is 0 Å². The highest BCUT2D eigenvalue weighted by atomic mass is 16.4. The Balaban J connectivity index is 0.000000148. The van der Waals surface area contributed by atoms with Crippen LogP contribution in [0, 0.1) is 11.8 Å². The Morgan fingerprint density at radius 2 is 1.74 bits per heavy atom. The molecule has 4 heteroatoms. The van der Waals surface area contributed by atoms with Crippen LogP contribution in [0.2, 0.25) is 0 Å². The van der Waals surface area contributed by atoms with E-state index in [9.17, 15) is 4.79 Å². The van der Waals surface area contributed by atoms with Gasteiger partial charge in [-0.05, 0) is 49.9 Å². The summed E-state index contributed by atoms with van der Waals surface area (Å²) in [4.78, 5) is 12.6. The van der Waals surface area contributed by atoms with E-state index >= 15 is 0 Å². The molecule has 2 aliphatic rings. The first-order valence-corrected chi connectivity index (χ1v) is 7.35. The molecule has 4 nitrogen and oxygen atoms in total. The highest BCUT2D eigenvalue weighted by Crippen LogP contribution is 2.29. The average Bonchev–Trinajstić information content (AvgIpc) is 3.00. The minimum atomic E-state index is -0.921. The molecule has 2 unspecified atom stereocenters. The maximum atomic E-state index is 10.0. The standard InChI is InChI=1S/C10H19N.C5H5NO2/c1-2-4-6-10-8-11-7-9(10)5-3-1;7-5(8)4-2-1-3-6-4/h9-11H,1-8H2;1-3,6H,(H,7,8). The Bertz CT molecular complexity index is 362. The Labute approximate surface area is 114 Å². The van der Waals surface area contributed by atoms with Crippen molar-refractivity contribution in [2.24, 2.45) is 11.8 Å². The van der Waals surface area contributed by atoms with Crippen molar-refractivity contribution in [3.63, 3.8) is 0 Å². The summed E-state index contributed by atoms with van der Waals surface area (Å²) in [5.41, 5.74) is 0.227. The van der Waals surface area contributed by atoms with Gasteiger partial charge in [0.25, 0.3) is 0 Å². The van der Waals surface area contributed by atoms with Crippen molar-refractivity contribution in [2.75, 3.05) is 13.1 Å². The number of carboxylic acid groups (broad SMARTS) is 1. The average molecular weight is 264 g/mol. The SMILES string of the molecule is C1CCCC2CNCC2CC1.O=C(O)c1ccc[nH]1. The van der Waals surface area contributed by atoms with Crippen molar-refractivity contribution in [3.8, 4) is 0 Å². The number of aromatic nitrogens is 1. The molecule has 0 aromatic carbocycles. The van der Waals surface area contributed by atoms with E-state index < -0.39 is 5.97 Å². The summed E-state index contributed by atoms with van der Waals surface area (Å²) in [6, 6.07) is 3.14. The first-order valence-electron chi connectivity index (χ1n) is 7.35. The predicted octanol–water partition coefficient (Wildman–Crippen LogP) is 2.89. The van der Waals surface area contributed by atoms with E-state index in [4.69, 9.17) is 5.11 Å². The molecular weight excluding hydrogens is 240 g/mol. The van der Waals surface area contributed by atoms with Crippen LogP contribution in [0.4, 0.5) is 0 Å². The number of aromatic amines is 1. The number of aromatic carboxylic acids is 1. The number of carboxylic acids is 1. The zero-order chi connectivity index (χ0) is 13.5. The van der Waals surface area contributed by atoms with Crippen molar-refractivity contribution in [3.05, 3.63) is 24.0 Å². The van der Waals surface area contributed by atoms with Crippen LogP contribution in [-0.2, 0) is 0 Å². The van der Waals surface area contributed by atoms with Gasteiger partial charge in [-0.25, -0.2) is 4.79 Å². The Morgan fingerprint density at radius 3 is 2.16 bits per heavy atom. The molecule has 0 radical (unpaired) electrons. The third-order valence-electron chi connectivity index (χ3n) is 4.21. The quantitative estimate of drug-likeness (QED) is 0.730. The number of carbonyl (C=O) groups is 1. The van der Waals surface area contributed by atoms with Gasteiger partial charge in [0.2, 0.25) is 0 Å². The lowest BCUT2D eigenvalue weighted by atomic mass is 9.84. The molecule has 2 heterocycles. The van der Waals surface area contributed by atoms with Gasteiger partial charge in [-0.1, -0.05) is 25.7 Å². The molecule has 1 aromatic rings. The molecule has 3 N–H and O–H groups in total. The van der Waals surface area contributed by atoms with Crippen molar-refractivity contribution < 1.29 is 9.90 Å². The van der Waals surface area contributed by atoms with Gasteiger partial charge < -0.3 is 15.4 Å². The van der Waals surface area contributed by atoms with E-state index in [1.165, 1.54) is 57.7 Å². The first-order chi connectivity index (χ1) is 9.27. The molecule has 3 rings (SSSR count). The van der Waals surface area contributed by atoms with E-state index in [0.717, 1.165) is 11.8 Å². The summed E-state index contributed by atoms with van der Waals surface area (Å²) < 4.78 is 0. The van der Waals surface area contributed by atoms with E-state index in [2.05, 4.69) is 10.3 Å². The summed E-state index contributed by atoms with van der Waals surface area (Å²) in [7, 11) is 0. The maximum absolute atomic E-state index is 10.0. The van der Waals surface area contributed by atoms with Gasteiger partial charge in [-0.2, -0.15) is 0 Å². The molecule has 1 saturated heterocycles. The Morgan fingerprint density at radius 1 is 1.11 bits per heavy atom. The lowest BCUT2D eigenvalue weighted by Gasteiger charge is -2.20. The third-order valence-corrected chi connectivity index (χ3v) is 4.21. The van der Waals surface area contributed by atoms with Crippen LogP contribution in [0.5, 0.6) is 0 Å². The number of fused-ring (bicyclic) bond motifs is 1. The summed E-state index contributed by atoms with van der Waals surface area (Å²) in [6.45, 7) is 2.62. The van der Waals surface area contributed by atoms with Crippen molar-refractivity contribution in [1.29, 1.82) is 0 Å². The summed E-state index contributed by atoms with van der Waals surface area (Å²) in [6.07, 6.45) is 10.5.